The number of anilines is 5. The van der Waals surface area contributed by atoms with Crippen LogP contribution in [0.3, 0.4) is 0 Å². The van der Waals surface area contributed by atoms with Crippen LogP contribution in [0.4, 0.5) is 28.8 Å². The summed E-state index contributed by atoms with van der Waals surface area (Å²) in [6.07, 6.45) is 6.81. The average molecular weight is 348 g/mol. The van der Waals surface area contributed by atoms with E-state index in [9.17, 15) is 0 Å². The molecule has 8 heteroatoms. The van der Waals surface area contributed by atoms with Gasteiger partial charge in [0.2, 0.25) is 0 Å². The summed E-state index contributed by atoms with van der Waals surface area (Å²) in [7, 11) is 0. The Bertz CT molecular complexity index is 848. The van der Waals surface area contributed by atoms with Crippen LogP contribution in [-0.2, 0) is 0 Å². The largest absolute Gasteiger partial charge is 0.393 e. The van der Waals surface area contributed by atoms with E-state index in [-0.39, 0.29) is 0 Å². The summed E-state index contributed by atoms with van der Waals surface area (Å²) in [6, 6.07) is 9.74. The molecule has 8 nitrogen and oxygen atoms in total. The Morgan fingerprint density at radius 3 is 2.46 bits per heavy atom. The van der Waals surface area contributed by atoms with Gasteiger partial charge in [-0.15, -0.1) is 0 Å². The molecule has 3 N–H and O–H groups in total. The molecule has 0 aromatic carbocycles. The fourth-order valence-corrected chi connectivity index (χ4v) is 3.00. The number of nitrogens with zero attached hydrogens (tertiary/aromatic N) is 6. The fourth-order valence-electron chi connectivity index (χ4n) is 3.00. The van der Waals surface area contributed by atoms with Crippen molar-refractivity contribution in [3.05, 3.63) is 55.2 Å². The second kappa shape index (κ2) is 7.22. The quantitative estimate of drug-likeness (QED) is 0.738. The van der Waals surface area contributed by atoms with Gasteiger partial charge in [0.1, 0.15) is 17.8 Å². The highest BCUT2D eigenvalue weighted by Gasteiger charge is 2.22. The second-order valence-corrected chi connectivity index (χ2v) is 5.99. The Labute approximate surface area is 151 Å². The SMILES string of the molecule is Nc1c(Nc2cccnc2)ncnc1N1CCN(c2ccccn2)CC1. The van der Waals surface area contributed by atoms with Crippen LogP contribution in [0.1, 0.15) is 0 Å². The van der Waals surface area contributed by atoms with Gasteiger partial charge < -0.3 is 20.9 Å². The predicted molar refractivity (Wildman–Crippen MR) is 103 cm³/mol. The molecule has 4 rings (SSSR count). The van der Waals surface area contributed by atoms with Crippen LogP contribution >= 0.6 is 0 Å². The number of hydrogen-bond donors (Lipinski definition) is 2. The van der Waals surface area contributed by atoms with Crippen molar-refractivity contribution in [2.24, 2.45) is 0 Å². The van der Waals surface area contributed by atoms with E-state index in [0.717, 1.165) is 43.5 Å². The molecule has 0 unspecified atom stereocenters. The molecule has 0 atom stereocenters. The number of aromatic nitrogens is 4. The first kappa shape index (κ1) is 16.1. The van der Waals surface area contributed by atoms with E-state index in [1.165, 1.54) is 6.33 Å². The van der Waals surface area contributed by atoms with Crippen LogP contribution < -0.4 is 20.9 Å². The number of nitrogens with one attached hydrogen (secondary N) is 1. The van der Waals surface area contributed by atoms with Crippen LogP contribution in [0.25, 0.3) is 0 Å². The Morgan fingerprint density at radius 1 is 0.885 bits per heavy atom. The lowest BCUT2D eigenvalue weighted by Gasteiger charge is -2.36. The number of nitrogens with two attached hydrogens (primary N) is 1. The molecule has 0 amide bonds. The van der Waals surface area contributed by atoms with Crippen LogP contribution in [0, 0.1) is 0 Å². The van der Waals surface area contributed by atoms with Crippen molar-refractivity contribution in [2.45, 2.75) is 0 Å². The summed E-state index contributed by atoms with van der Waals surface area (Å²) in [5, 5.41) is 3.20. The Balaban J connectivity index is 1.48. The van der Waals surface area contributed by atoms with E-state index in [1.54, 1.807) is 12.4 Å². The standard InChI is InChI=1S/C18H20N8/c19-16-17(24-14-4-3-6-20-12-14)22-13-23-18(16)26-10-8-25(9-11-26)15-5-1-2-7-21-15/h1-7,12-13H,8-11,19H2,(H,22,23,24). The van der Waals surface area contributed by atoms with Crippen LogP contribution in [0.15, 0.2) is 55.2 Å². The van der Waals surface area contributed by atoms with Gasteiger partial charge in [-0.1, -0.05) is 6.07 Å². The monoisotopic (exact) mass is 348 g/mol. The number of rotatable bonds is 4. The number of hydrogen-bond acceptors (Lipinski definition) is 8. The molecular formula is C18H20N8. The Kier molecular flexibility index (Phi) is 4.46. The molecule has 1 aliphatic rings. The van der Waals surface area contributed by atoms with Crippen molar-refractivity contribution < 1.29 is 0 Å². The van der Waals surface area contributed by atoms with Gasteiger partial charge in [-0.2, -0.15) is 0 Å². The molecular weight excluding hydrogens is 328 g/mol. The zero-order chi connectivity index (χ0) is 17.8. The molecule has 4 heterocycles. The minimum absolute atomic E-state index is 0.544. The number of piperazine rings is 1. The normalized spacial score (nSPS) is 14.3. The molecule has 0 spiro atoms. The lowest BCUT2D eigenvalue weighted by molar-refractivity contribution is 0.642. The lowest BCUT2D eigenvalue weighted by Crippen LogP contribution is -2.47. The van der Waals surface area contributed by atoms with Crippen molar-refractivity contribution >= 4 is 28.8 Å². The van der Waals surface area contributed by atoms with E-state index in [1.807, 2.05) is 36.5 Å². The van der Waals surface area contributed by atoms with E-state index in [0.29, 0.717) is 11.5 Å². The minimum Gasteiger partial charge on any atom is -0.393 e. The predicted octanol–water partition coefficient (Wildman–Crippen LogP) is 1.92. The van der Waals surface area contributed by atoms with E-state index in [2.05, 4.69) is 35.1 Å². The van der Waals surface area contributed by atoms with Crippen LogP contribution in [0.2, 0.25) is 0 Å². The van der Waals surface area contributed by atoms with E-state index < -0.39 is 0 Å². The average Bonchev–Trinajstić information content (AvgIpc) is 2.71. The van der Waals surface area contributed by atoms with Crippen LogP contribution in [0.5, 0.6) is 0 Å². The number of nitrogen functional groups attached to an aromatic ring is 1. The summed E-state index contributed by atoms with van der Waals surface area (Å²) in [4.78, 5) is 21.6. The van der Waals surface area contributed by atoms with E-state index in [4.69, 9.17) is 5.73 Å². The maximum absolute atomic E-state index is 6.33. The summed E-state index contributed by atoms with van der Waals surface area (Å²) in [5.74, 6) is 2.35. The van der Waals surface area contributed by atoms with Crippen molar-refractivity contribution in [2.75, 3.05) is 47.0 Å². The minimum atomic E-state index is 0.544. The summed E-state index contributed by atoms with van der Waals surface area (Å²) < 4.78 is 0. The summed E-state index contributed by atoms with van der Waals surface area (Å²) in [6.45, 7) is 3.38. The number of pyridine rings is 2. The maximum atomic E-state index is 6.33. The molecule has 3 aromatic rings. The fraction of sp³-hybridized carbons (Fsp3) is 0.222. The van der Waals surface area contributed by atoms with Gasteiger partial charge in [0.15, 0.2) is 11.6 Å². The maximum Gasteiger partial charge on any atom is 0.159 e. The van der Waals surface area contributed by atoms with Gasteiger partial charge in [-0.25, -0.2) is 15.0 Å². The molecule has 0 saturated carbocycles. The zero-order valence-corrected chi connectivity index (χ0v) is 14.3. The molecule has 0 bridgehead atoms. The molecule has 1 saturated heterocycles. The molecule has 1 fully saturated rings. The third kappa shape index (κ3) is 3.34. The Morgan fingerprint density at radius 2 is 1.73 bits per heavy atom. The van der Waals surface area contributed by atoms with Gasteiger partial charge in [0.05, 0.1) is 11.9 Å². The zero-order valence-electron chi connectivity index (χ0n) is 14.3. The van der Waals surface area contributed by atoms with Crippen molar-refractivity contribution in [1.82, 2.24) is 19.9 Å². The molecule has 26 heavy (non-hydrogen) atoms. The van der Waals surface area contributed by atoms with Gasteiger partial charge in [0, 0.05) is 38.6 Å². The highest BCUT2D eigenvalue weighted by Crippen LogP contribution is 2.29. The molecule has 0 radical (unpaired) electrons. The third-order valence-corrected chi connectivity index (χ3v) is 4.34. The van der Waals surface area contributed by atoms with Gasteiger partial charge in [0.25, 0.3) is 0 Å². The van der Waals surface area contributed by atoms with Gasteiger partial charge >= 0.3 is 0 Å². The topological polar surface area (TPSA) is 96.1 Å². The summed E-state index contributed by atoms with van der Waals surface area (Å²) in [5.41, 5.74) is 7.71. The highest BCUT2D eigenvalue weighted by atomic mass is 15.3. The molecule has 132 valence electrons. The first-order valence-electron chi connectivity index (χ1n) is 8.50. The third-order valence-electron chi connectivity index (χ3n) is 4.34. The second-order valence-electron chi connectivity index (χ2n) is 5.99. The van der Waals surface area contributed by atoms with Gasteiger partial charge in [-0.05, 0) is 24.3 Å². The van der Waals surface area contributed by atoms with Gasteiger partial charge in [-0.3, -0.25) is 4.98 Å². The molecule has 3 aromatic heterocycles. The van der Waals surface area contributed by atoms with Crippen molar-refractivity contribution in [3.8, 4) is 0 Å². The molecule has 1 aliphatic heterocycles. The van der Waals surface area contributed by atoms with E-state index >= 15 is 0 Å². The van der Waals surface area contributed by atoms with Crippen molar-refractivity contribution in [1.29, 1.82) is 0 Å². The highest BCUT2D eigenvalue weighted by molar-refractivity contribution is 5.78. The van der Waals surface area contributed by atoms with Crippen LogP contribution in [-0.4, -0.2) is 46.1 Å². The lowest BCUT2D eigenvalue weighted by atomic mass is 10.2. The Hall–Kier alpha value is -3.42. The molecule has 0 aliphatic carbocycles. The first-order valence-corrected chi connectivity index (χ1v) is 8.50. The first-order chi connectivity index (χ1) is 12.8. The van der Waals surface area contributed by atoms with Crippen molar-refractivity contribution in [3.63, 3.8) is 0 Å². The smallest absolute Gasteiger partial charge is 0.159 e. The summed E-state index contributed by atoms with van der Waals surface area (Å²) >= 11 is 0.